The van der Waals surface area contributed by atoms with Crippen molar-refractivity contribution in [1.82, 2.24) is 9.29 Å². The van der Waals surface area contributed by atoms with Gasteiger partial charge in [0.25, 0.3) is 0 Å². The minimum atomic E-state index is -3.55. The van der Waals surface area contributed by atoms with E-state index in [2.05, 4.69) is 9.71 Å². The summed E-state index contributed by atoms with van der Waals surface area (Å²) >= 11 is 1.13. The molecule has 1 aromatic rings. The number of hydrogen-bond donors (Lipinski definition) is 1. The minimum Gasteiger partial charge on any atom is -0.293 e. The molecule has 1 saturated heterocycles. The van der Waals surface area contributed by atoms with Gasteiger partial charge in [0.15, 0.2) is 10.9 Å². The number of anilines is 1. The van der Waals surface area contributed by atoms with Crippen LogP contribution >= 0.6 is 11.3 Å². The maximum atomic E-state index is 12.2. The Hall–Kier alpha value is -0.990. The normalized spacial score (nSPS) is 17.9. The number of hydrogen-bond acceptors (Lipinski definition) is 5. The van der Waals surface area contributed by atoms with Crippen LogP contribution in [-0.2, 0) is 10.2 Å². The Bertz CT molecular complexity index is 545. The number of rotatable bonds is 4. The van der Waals surface area contributed by atoms with Gasteiger partial charge in [-0.05, 0) is 12.8 Å². The predicted octanol–water partition coefficient (Wildman–Crippen LogP) is 1.88. The summed E-state index contributed by atoms with van der Waals surface area (Å²) in [6.45, 7) is 2.49. The van der Waals surface area contributed by atoms with Gasteiger partial charge >= 0.3 is 10.2 Å². The molecule has 0 aliphatic carbocycles. The Morgan fingerprint density at radius 3 is 2.47 bits per heavy atom. The van der Waals surface area contributed by atoms with Gasteiger partial charge in [-0.1, -0.05) is 12.8 Å². The first-order valence-corrected chi connectivity index (χ1v) is 8.55. The van der Waals surface area contributed by atoms with Crippen LogP contribution in [0.25, 0.3) is 0 Å². The number of carbonyl (C=O) groups is 1. The molecule has 8 heteroatoms. The lowest BCUT2D eigenvalue weighted by Crippen LogP contribution is -2.36. The third-order valence-corrected chi connectivity index (χ3v) is 5.37. The molecule has 1 aliphatic rings. The summed E-state index contributed by atoms with van der Waals surface area (Å²) in [7, 11) is -3.55. The van der Waals surface area contributed by atoms with Gasteiger partial charge in [0.05, 0.1) is 0 Å². The van der Waals surface area contributed by atoms with Crippen LogP contribution < -0.4 is 4.72 Å². The second-order valence-corrected chi connectivity index (χ2v) is 7.04. The van der Waals surface area contributed by atoms with E-state index in [1.165, 1.54) is 11.2 Å². The molecule has 0 bridgehead atoms. The molecule has 0 amide bonds. The molecule has 1 fully saturated rings. The zero-order chi connectivity index (χ0) is 13.9. The lowest BCUT2D eigenvalue weighted by atomic mass is 10.2. The number of thiazole rings is 1. The molecule has 1 aliphatic heterocycles. The van der Waals surface area contributed by atoms with E-state index in [9.17, 15) is 13.2 Å². The molecular formula is C11H17N3O3S2. The van der Waals surface area contributed by atoms with Gasteiger partial charge < -0.3 is 0 Å². The van der Waals surface area contributed by atoms with Crippen molar-refractivity contribution in [3.05, 3.63) is 11.1 Å². The van der Waals surface area contributed by atoms with Gasteiger partial charge in [-0.3, -0.25) is 4.79 Å². The van der Waals surface area contributed by atoms with Gasteiger partial charge in [0.1, 0.15) is 5.69 Å². The summed E-state index contributed by atoms with van der Waals surface area (Å²) in [6, 6.07) is 0. The third kappa shape index (κ3) is 3.74. The molecular weight excluding hydrogens is 286 g/mol. The Morgan fingerprint density at radius 2 is 1.95 bits per heavy atom. The largest absolute Gasteiger partial charge is 0.303 e. The molecule has 2 heterocycles. The number of aromatic nitrogens is 1. The Kier molecular flexibility index (Phi) is 4.54. The van der Waals surface area contributed by atoms with Crippen LogP contribution in [0.15, 0.2) is 5.38 Å². The molecule has 19 heavy (non-hydrogen) atoms. The molecule has 0 unspecified atom stereocenters. The van der Waals surface area contributed by atoms with Gasteiger partial charge in [0, 0.05) is 25.4 Å². The number of carbonyl (C=O) groups excluding carboxylic acids is 1. The van der Waals surface area contributed by atoms with Crippen molar-refractivity contribution in [2.75, 3.05) is 17.8 Å². The van der Waals surface area contributed by atoms with Crippen LogP contribution in [0.1, 0.15) is 43.1 Å². The summed E-state index contributed by atoms with van der Waals surface area (Å²) in [5.74, 6) is -0.170. The van der Waals surface area contributed by atoms with E-state index < -0.39 is 10.2 Å². The maximum Gasteiger partial charge on any atom is 0.303 e. The fraction of sp³-hybridized carbons (Fsp3) is 0.636. The summed E-state index contributed by atoms with van der Waals surface area (Å²) < 4.78 is 28.3. The zero-order valence-corrected chi connectivity index (χ0v) is 12.4. The molecule has 0 atom stereocenters. The molecule has 0 aromatic carbocycles. The standard InChI is InChI=1S/C11H17N3O3S2/c1-9(15)10-8-18-11(12-10)13-19(16,17)14-6-4-2-3-5-7-14/h8H,2-7H2,1H3,(H,12,13). The fourth-order valence-electron chi connectivity index (χ4n) is 1.94. The van der Waals surface area contributed by atoms with E-state index in [1.54, 1.807) is 5.38 Å². The van der Waals surface area contributed by atoms with Crippen molar-refractivity contribution in [2.24, 2.45) is 0 Å². The summed E-state index contributed by atoms with van der Waals surface area (Å²) in [4.78, 5) is 15.1. The molecule has 2 rings (SSSR count). The van der Waals surface area contributed by atoms with Crippen LogP contribution in [0.2, 0.25) is 0 Å². The monoisotopic (exact) mass is 303 g/mol. The van der Waals surface area contributed by atoms with E-state index in [0.717, 1.165) is 37.0 Å². The summed E-state index contributed by atoms with van der Waals surface area (Å²) in [6.07, 6.45) is 3.91. The Balaban J connectivity index is 2.08. The topological polar surface area (TPSA) is 79.4 Å². The Labute approximate surface area is 117 Å². The van der Waals surface area contributed by atoms with Crippen LogP contribution in [0, 0.1) is 0 Å². The molecule has 1 N–H and O–H groups in total. The molecule has 0 spiro atoms. The summed E-state index contributed by atoms with van der Waals surface area (Å²) in [5.41, 5.74) is 0.290. The van der Waals surface area contributed by atoms with Crippen LogP contribution in [-0.4, -0.2) is 36.6 Å². The van der Waals surface area contributed by atoms with E-state index in [-0.39, 0.29) is 10.9 Å². The zero-order valence-electron chi connectivity index (χ0n) is 10.8. The number of Topliss-reactive ketones (excluding diaryl/α,β-unsaturated/α-hetero) is 1. The van der Waals surface area contributed by atoms with E-state index >= 15 is 0 Å². The second kappa shape index (κ2) is 5.98. The second-order valence-electron chi connectivity index (χ2n) is 4.51. The van der Waals surface area contributed by atoms with Crippen molar-refractivity contribution in [3.63, 3.8) is 0 Å². The first kappa shape index (κ1) is 14.4. The summed E-state index contributed by atoms with van der Waals surface area (Å²) in [5, 5.41) is 1.80. The molecule has 6 nitrogen and oxygen atoms in total. The van der Waals surface area contributed by atoms with Crippen molar-refractivity contribution >= 4 is 32.5 Å². The quantitative estimate of drug-likeness (QED) is 0.861. The number of nitrogens with zero attached hydrogens (tertiary/aromatic N) is 2. The van der Waals surface area contributed by atoms with Crippen LogP contribution in [0.4, 0.5) is 5.13 Å². The van der Waals surface area contributed by atoms with E-state index in [1.807, 2.05) is 0 Å². The fourth-order valence-corrected chi connectivity index (χ4v) is 4.17. The SMILES string of the molecule is CC(=O)c1csc(NS(=O)(=O)N2CCCCCC2)n1. The highest BCUT2D eigenvalue weighted by molar-refractivity contribution is 7.90. The van der Waals surface area contributed by atoms with Crippen LogP contribution in [0.3, 0.4) is 0 Å². The molecule has 0 saturated carbocycles. The smallest absolute Gasteiger partial charge is 0.293 e. The average Bonchev–Trinajstić information content (AvgIpc) is 2.63. The highest BCUT2D eigenvalue weighted by Crippen LogP contribution is 2.20. The van der Waals surface area contributed by atoms with E-state index in [4.69, 9.17) is 0 Å². The van der Waals surface area contributed by atoms with E-state index in [0.29, 0.717) is 18.8 Å². The van der Waals surface area contributed by atoms with Crippen molar-refractivity contribution in [1.29, 1.82) is 0 Å². The Morgan fingerprint density at radius 1 is 1.32 bits per heavy atom. The number of ketones is 1. The van der Waals surface area contributed by atoms with Gasteiger partial charge in [-0.2, -0.15) is 12.7 Å². The van der Waals surface area contributed by atoms with Crippen molar-refractivity contribution < 1.29 is 13.2 Å². The van der Waals surface area contributed by atoms with Crippen molar-refractivity contribution in [2.45, 2.75) is 32.6 Å². The third-order valence-electron chi connectivity index (χ3n) is 2.99. The highest BCUT2D eigenvalue weighted by atomic mass is 32.2. The molecule has 106 valence electrons. The molecule has 1 aromatic heterocycles. The highest BCUT2D eigenvalue weighted by Gasteiger charge is 2.24. The average molecular weight is 303 g/mol. The van der Waals surface area contributed by atoms with Gasteiger partial charge in [0.2, 0.25) is 0 Å². The maximum absolute atomic E-state index is 12.2. The lowest BCUT2D eigenvalue weighted by Gasteiger charge is -2.19. The first-order chi connectivity index (χ1) is 8.99. The molecule has 0 radical (unpaired) electrons. The van der Waals surface area contributed by atoms with Gasteiger partial charge in [-0.15, -0.1) is 11.3 Å². The lowest BCUT2D eigenvalue weighted by molar-refractivity contribution is 0.101. The van der Waals surface area contributed by atoms with Gasteiger partial charge in [-0.25, -0.2) is 9.71 Å². The predicted molar refractivity (Wildman–Crippen MR) is 74.7 cm³/mol. The van der Waals surface area contributed by atoms with Crippen molar-refractivity contribution in [3.8, 4) is 0 Å². The van der Waals surface area contributed by atoms with Crippen LogP contribution in [0.5, 0.6) is 0 Å². The number of nitrogens with one attached hydrogen (secondary N) is 1. The first-order valence-electron chi connectivity index (χ1n) is 6.23. The minimum absolute atomic E-state index is 0.170.